The van der Waals surface area contributed by atoms with Crippen molar-refractivity contribution in [2.75, 3.05) is 0 Å². The lowest BCUT2D eigenvalue weighted by Crippen LogP contribution is -2.25. The molecule has 1 aliphatic rings. The van der Waals surface area contributed by atoms with E-state index in [4.69, 9.17) is 4.74 Å². The van der Waals surface area contributed by atoms with E-state index in [9.17, 15) is 4.79 Å². The zero-order valence-electron chi connectivity index (χ0n) is 15.8. The van der Waals surface area contributed by atoms with E-state index in [1.54, 1.807) is 0 Å². The topological polar surface area (TPSA) is 26.3 Å². The Morgan fingerprint density at radius 2 is 1.48 bits per heavy atom. The molecule has 0 heterocycles. The van der Waals surface area contributed by atoms with Crippen molar-refractivity contribution in [3.8, 4) is 5.75 Å². The molecule has 0 aromatic heterocycles. The molecule has 0 saturated heterocycles. The maximum atomic E-state index is 13.1. The van der Waals surface area contributed by atoms with E-state index in [2.05, 4.69) is 38.1 Å². The zero-order valence-corrected chi connectivity index (χ0v) is 15.8. The third kappa shape index (κ3) is 3.40. The summed E-state index contributed by atoms with van der Waals surface area (Å²) in [5.41, 5.74) is 5.77. The summed E-state index contributed by atoms with van der Waals surface area (Å²) in [6, 6.07) is 24.3. The molecule has 0 bridgehead atoms. The number of esters is 1. The van der Waals surface area contributed by atoms with E-state index in [-0.39, 0.29) is 11.9 Å². The first-order chi connectivity index (χ1) is 13.2. The number of ether oxygens (including phenoxy) is 1. The number of benzene rings is 3. The summed E-state index contributed by atoms with van der Waals surface area (Å²) in [5, 5.41) is 0. The van der Waals surface area contributed by atoms with Gasteiger partial charge in [0, 0.05) is 0 Å². The van der Waals surface area contributed by atoms with E-state index in [0.717, 1.165) is 24.0 Å². The summed E-state index contributed by atoms with van der Waals surface area (Å²) >= 11 is 0. The first-order valence-electron chi connectivity index (χ1n) is 9.64. The Hall–Kier alpha value is -2.87. The molecule has 1 unspecified atom stereocenters. The van der Waals surface area contributed by atoms with E-state index in [1.807, 2.05) is 48.5 Å². The van der Waals surface area contributed by atoms with Crippen LogP contribution >= 0.6 is 0 Å². The van der Waals surface area contributed by atoms with Gasteiger partial charge in [-0.25, -0.2) is 0 Å². The SMILES string of the molecule is CCC(C)c1ccc(OC(=O)C2c3ccccc3Cc3ccccc32)cc1. The number of hydrogen-bond donors (Lipinski definition) is 0. The van der Waals surface area contributed by atoms with Gasteiger partial charge in [0.25, 0.3) is 0 Å². The number of hydrogen-bond acceptors (Lipinski definition) is 2. The lowest BCUT2D eigenvalue weighted by molar-refractivity contribution is -0.135. The highest BCUT2D eigenvalue weighted by molar-refractivity contribution is 5.86. The van der Waals surface area contributed by atoms with Gasteiger partial charge >= 0.3 is 5.97 Å². The molecule has 136 valence electrons. The monoisotopic (exact) mass is 356 g/mol. The average molecular weight is 356 g/mol. The van der Waals surface area contributed by atoms with Gasteiger partial charge in [0.05, 0.1) is 0 Å². The van der Waals surface area contributed by atoms with E-state index >= 15 is 0 Å². The fraction of sp³-hybridized carbons (Fsp3) is 0.240. The van der Waals surface area contributed by atoms with Crippen LogP contribution < -0.4 is 4.74 Å². The Morgan fingerprint density at radius 1 is 0.926 bits per heavy atom. The van der Waals surface area contributed by atoms with Crippen LogP contribution in [-0.2, 0) is 11.2 Å². The minimum absolute atomic E-state index is 0.217. The van der Waals surface area contributed by atoms with Crippen molar-refractivity contribution in [1.82, 2.24) is 0 Å². The van der Waals surface area contributed by atoms with Crippen LogP contribution in [-0.4, -0.2) is 5.97 Å². The van der Waals surface area contributed by atoms with Crippen LogP contribution in [0.1, 0.15) is 59.9 Å². The van der Waals surface area contributed by atoms with Crippen molar-refractivity contribution >= 4 is 5.97 Å². The fourth-order valence-electron chi connectivity index (χ4n) is 3.86. The molecule has 3 aromatic rings. The molecule has 0 fully saturated rings. The number of rotatable bonds is 4. The maximum absolute atomic E-state index is 13.1. The van der Waals surface area contributed by atoms with Gasteiger partial charge in [0.2, 0.25) is 0 Å². The molecule has 2 heteroatoms. The third-order valence-electron chi connectivity index (χ3n) is 5.63. The summed E-state index contributed by atoms with van der Waals surface area (Å²) in [4.78, 5) is 13.1. The third-order valence-corrected chi connectivity index (χ3v) is 5.63. The molecule has 2 nitrogen and oxygen atoms in total. The summed E-state index contributed by atoms with van der Waals surface area (Å²) < 4.78 is 5.80. The minimum atomic E-state index is -0.375. The van der Waals surface area contributed by atoms with Gasteiger partial charge in [-0.3, -0.25) is 4.79 Å². The quantitative estimate of drug-likeness (QED) is 0.433. The number of fused-ring (bicyclic) bond motifs is 2. The lowest BCUT2D eigenvalue weighted by atomic mass is 9.78. The second-order valence-corrected chi connectivity index (χ2v) is 7.31. The highest BCUT2D eigenvalue weighted by Crippen LogP contribution is 2.37. The van der Waals surface area contributed by atoms with Crippen molar-refractivity contribution in [2.24, 2.45) is 0 Å². The van der Waals surface area contributed by atoms with Crippen LogP contribution in [0, 0.1) is 0 Å². The van der Waals surface area contributed by atoms with Gasteiger partial charge in [-0.05, 0) is 58.7 Å². The van der Waals surface area contributed by atoms with Crippen molar-refractivity contribution < 1.29 is 9.53 Å². The van der Waals surface area contributed by atoms with Gasteiger partial charge < -0.3 is 4.74 Å². The Balaban J connectivity index is 1.64. The van der Waals surface area contributed by atoms with Crippen LogP contribution in [0.25, 0.3) is 0 Å². The number of carbonyl (C=O) groups excluding carboxylic acids is 1. The van der Waals surface area contributed by atoms with Crippen LogP contribution in [0.15, 0.2) is 72.8 Å². The molecule has 3 aromatic carbocycles. The molecular formula is C25H24O2. The smallest absolute Gasteiger partial charge is 0.323 e. The molecule has 0 amide bonds. The van der Waals surface area contributed by atoms with Crippen LogP contribution in [0.2, 0.25) is 0 Å². The van der Waals surface area contributed by atoms with Crippen molar-refractivity contribution in [3.05, 3.63) is 101 Å². The summed E-state index contributed by atoms with van der Waals surface area (Å²) in [6.07, 6.45) is 1.95. The number of carbonyl (C=O) groups is 1. The largest absolute Gasteiger partial charge is 0.426 e. The molecule has 27 heavy (non-hydrogen) atoms. The van der Waals surface area contributed by atoms with Crippen molar-refractivity contribution in [2.45, 2.75) is 38.5 Å². The van der Waals surface area contributed by atoms with Gasteiger partial charge in [0.1, 0.15) is 11.7 Å². The Kier molecular flexibility index (Phi) is 4.81. The molecule has 0 spiro atoms. The standard InChI is InChI=1S/C25H24O2/c1-3-17(2)18-12-14-21(15-13-18)27-25(26)24-22-10-6-4-8-19(22)16-20-9-5-7-11-23(20)24/h4-15,17,24H,3,16H2,1-2H3. The second kappa shape index (κ2) is 7.40. The molecule has 1 atom stereocenters. The normalized spacial score (nSPS) is 14.1. The first kappa shape index (κ1) is 17.5. The maximum Gasteiger partial charge on any atom is 0.323 e. The summed E-state index contributed by atoms with van der Waals surface area (Å²) in [7, 11) is 0. The Labute approximate surface area is 160 Å². The first-order valence-corrected chi connectivity index (χ1v) is 9.64. The van der Waals surface area contributed by atoms with Gasteiger partial charge in [0.15, 0.2) is 0 Å². The Bertz CT molecular complexity index is 911. The molecule has 0 saturated carbocycles. The lowest BCUT2D eigenvalue weighted by Gasteiger charge is -2.27. The van der Waals surface area contributed by atoms with Crippen LogP contribution in [0.5, 0.6) is 5.75 Å². The predicted molar refractivity (Wildman–Crippen MR) is 108 cm³/mol. The summed E-state index contributed by atoms with van der Waals surface area (Å²) in [5.74, 6) is 0.519. The molecule has 0 aliphatic heterocycles. The highest BCUT2D eigenvalue weighted by atomic mass is 16.5. The van der Waals surface area contributed by atoms with Crippen LogP contribution in [0.4, 0.5) is 0 Å². The van der Waals surface area contributed by atoms with Gasteiger partial charge in [-0.15, -0.1) is 0 Å². The molecule has 0 radical (unpaired) electrons. The van der Waals surface area contributed by atoms with E-state index in [0.29, 0.717) is 11.7 Å². The van der Waals surface area contributed by atoms with Gasteiger partial charge in [-0.1, -0.05) is 74.5 Å². The molecule has 4 rings (SSSR count). The Morgan fingerprint density at radius 3 is 2.04 bits per heavy atom. The fourth-order valence-corrected chi connectivity index (χ4v) is 3.86. The predicted octanol–water partition coefficient (Wildman–Crippen LogP) is 5.84. The van der Waals surface area contributed by atoms with E-state index < -0.39 is 0 Å². The summed E-state index contributed by atoms with van der Waals surface area (Å²) in [6.45, 7) is 4.38. The molecule has 1 aliphatic carbocycles. The van der Waals surface area contributed by atoms with Crippen molar-refractivity contribution in [3.63, 3.8) is 0 Å². The van der Waals surface area contributed by atoms with Crippen LogP contribution in [0.3, 0.4) is 0 Å². The minimum Gasteiger partial charge on any atom is -0.426 e. The molecule has 0 N–H and O–H groups in total. The average Bonchev–Trinajstić information content (AvgIpc) is 2.71. The van der Waals surface area contributed by atoms with E-state index in [1.165, 1.54) is 16.7 Å². The zero-order chi connectivity index (χ0) is 18.8. The second-order valence-electron chi connectivity index (χ2n) is 7.31. The van der Waals surface area contributed by atoms with Gasteiger partial charge in [-0.2, -0.15) is 0 Å². The highest BCUT2D eigenvalue weighted by Gasteiger charge is 2.32. The van der Waals surface area contributed by atoms with Crippen molar-refractivity contribution in [1.29, 1.82) is 0 Å². The molecular weight excluding hydrogens is 332 g/mol.